The van der Waals surface area contributed by atoms with Gasteiger partial charge in [-0.05, 0) is 98.5 Å². The fraction of sp³-hybridized carbons (Fsp3) is 0.450. The van der Waals surface area contributed by atoms with Crippen molar-refractivity contribution < 1.29 is 65.8 Å². The van der Waals surface area contributed by atoms with E-state index in [1.807, 2.05) is 53.9 Å². The van der Waals surface area contributed by atoms with Gasteiger partial charge in [-0.1, -0.05) is 39.8 Å². The van der Waals surface area contributed by atoms with Crippen LogP contribution in [0.5, 0.6) is 5.75 Å². The molecule has 0 saturated heterocycles. The second-order valence-corrected chi connectivity index (χ2v) is 23.2. The summed E-state index contributed by atoms with van der Waals surface area (Å²) in [5.74, 6) is -4.52. The molecule has 0 saturated carbocycles. The van der Waals surface area contributed by atoms with E-state index in [4.69, 9.17) is 23.9 Å². The molecule has 6 heterocycles. The molecule has 2 aliphatic heterocycles. The lowest BCUT2D eigenvalue weighted by Gasteiger charge is -2.31. The Kier molecular flexibility index (Phi) is 21.3. The smallest absolute Gasteiger partial charge is 0.343 e. The summed E-state index contributed by atoms with van der Waals surface area (Å²) < 4.78 is 59.1. The van der Waals surface area contributed by atoms with E-state index in [2.05, 4.69) is 37.0 Å². The number of hydrogen-bond donors (Lipinski definition) is 8. The first-order chi connectivity index (χ1) is 41.5. The van der Waals surface area contributed by atoms with Gasteiger partial charge in [0.05, 0.1) is 62.0 Å². The largest absolute Gasteiger partial charge is 0.489 e. The molecule has 2 aromatic carbocycles. The molecular weight excluding hydrogens is 1150 g/mol. The van der Waals surface area contributed by atoms with Crippen LogP contribution < -0.4 is 42.3 Å². The molecule has 0 fully saturated rings. The number of rotatable bonds is 30. The summed E-state index contributed by atoms with van der Waals surface area (Å²) in [7, 11) is -1.03. The van der Waals surface area contributed by atoms with E-state index in [1.54, 1.807) is 75.0 Å². The van der Waals surface area contributed by atoms with E-state index in [-0.39, 0.29) is 101 Å². The highest BCUT2D eigenvalue weighted by atomic mass is 32.2. The number of cyclic esters (lactones) is 1. The number of aromatic nitrogens is 4. The maximum Gasteiger partial charge on any atom is 0.343 e. The van der Waals surface area contributed by atoms with Gasteiger partial charge >= 0.3 is 5.97 Å². The Morgan fingerprint density at radius 1 is 0.874 bits per heavy atom. The second-order valence-electron chi connectivity index (χ2n) is 21.7. The Hall–Kier alpha value is -8.18. The first kappa shape index (κ1) is 64.8. The predicted octanol–water partition coefficient (Wildman–Crippen LogP) is 2.72. The highest BCUT2D eigenvalue weighted by Gasteiger charge is 2.45. The molecule has 27 heteroatoms. The fourth-order valence-corrected chi connectivity index (χ4v) is 11.1. The second kappa shape index (κ2) is 28.6. The van der Waals surface area contributed by atoms with Crippen molar-refractivity contribution in [1.82, 2.24) is 50.8 Å². The van der Waals surface area contributed by atoms with Crippen molar-refractivity contribution in [3.05, 3.63) is 117 Å². The molecule has 0 radical (unpaired) electrons. The lowest BCUT2D eigenvalue weighted by atomic mass is 9.86. The van der Waals surface area contributed by atoms with Gasteiger partial charge < -0.3 is 59.8 Å². The number of benzene rings is 2. The Morgan fingerprint density at radius 2 is 1.61 bits per heavy atom. The Morgan fingerprint density at radius 3 is 2.31 bits per heavy atom. The first-order valence-electron chi connectivity index (χ1n) is 28.8. The molecule has 6 aromatic rings. The van der Waals surface area contributed by atoms with Gasteiger partial charge in [0.25, 0.3) is 15.7 Å². The summed E-state index contributed by atoms with van der Waals surface area (Å²) in [6.45, 7) is 9.75. The molecular formula is C60H75N11O15S. The lowest BCUT2D eigenvalue weighted by Crippen LogP contribution is -2.53. The standard InChI is InChI=1S/C60H75N11O15S/c1-8-42-43-28-41(16-17-47(43)67-53-44(42)31-71-49(53)29-46-45(58(71)77)33-86-59(78)60(46,79)9-2)85-32-37-12-14-39(15-13-37)65-55(74)36(5)64-57(76)52(35(3)4)68-51(73)19-23-83-25-26-84-24-21-63-56(75)48(34-87(80,81)82)66-50(72)18-22-70-40(30-69(7)61-6)27-38-11-10-20-62-54(38)70/h10-17,20,27-29,35-36,48,52,61,79H,8-9,18-19,21-26,30-34H2,1-7H3,(H,63,75)(H,64,76)(H,65,74)(H,66,72)(H,68,73)(H,80,81,82)/t36-,48-,52-,60-/m0/s1. The number of carbonyl (C=O) groups is 6. The van der Waals surface area contributed by atoms with Crippen LogP contribution in [-0.4, -0.2) is 149 Å². The third-order valence-electron chi connectivity index (χ3n) is 15.3. The number of nitrogens with zero attached hydrogens (tertiary/aromatic N) is 5. The van der Waals surface area contributed by atoms with E-state index in [9.17, 15) is 51.6 Å². The molecule has 8 N–H and O–H groups in total. The van der Waals surface area contributed by atoms with Gasteiger partial charge in [-0.3, -0.25) is 38.7 Å². The van der Waals surface area contributed by atoms with Gasteiger partial charge in [0.15, 0.2) is 5.60 Å². The van der Waals surface area contributed by atoms with Crippen LogP contribution >= 0.6 is 0 Å². The van der Waals surface area contributed by atoms with Crippen molar-refractivity contribution in [2.24, 2.45) is 5.92 Å². The van der Waals surface area contributed by atoms with Crippen LogP contribution in [0.4, 0.5) is 5.69 Å². The number of fused-ring (bicyclic) bond motifs is 6. The maximum atomic E-state index is 13.8. The van der Waals surface area contributed by atoms with Crippen LogP contribution in [0.2, 0.25) is 0 Å². The van der Waals surface area contributed by atoms with Crippen LogP contribution in [0.25, 0.3) is 33.3 Å². The maximum absolute atomic E-state index is 13.8. The van der Waals surface area contributed by atoms with Crippen LogP contribution in [0.1, 0.15) is 87.4 Å². The van der Waals surface area contributed by atoms with Crippen molar-refractivity contribution in [1.29, 1.82) is 0 Å². The number of amides is 5. The summed E-state index contributed by atoms with van der Waals surface area (Å²) in [5, 5.41) is 28.0. The minimum absolute atomic E-state index is 0.00746. The number of pyridine rings is 3. The number of ether oxygens (including phenoxy) is 4. The number of anilines is 1. The van der Waals surface area contributed by atoms with Gasteiger partial charge in [-0.2, -0.15) is 8.42 Å². The fourth-order valence-electron chi connectivity index (χ4n) is 10.5. The molecule has 8 rings (SSSR count). The number of carbonyl (C=O) groups excluding carboxylic acids is 6. The number of nitrogens with one attached hydrogen (secondary N) is 6. The molecule has 4 atom stereocenters. The summed E-state index contributed by atoms with van der Waals surface area (Å²) in [5.41, 5.74) is 7.85. The summed E-state index contributed by atoms with van der Waals surface area (Å²) in [4.78, 5) is 101. The van der Waals surface area contributed by atoms with E-state index in [1.165, 1.54) is 6.92 Å². The molecule has 0 spiro atoms. The van der Waals surface area contributed by atoms with Crippen LogP contribution in [0.3, 0.4) is 0 Å². The summed E-state index contributed by atoms with van der Waals surface area (Å²) >= 11 is 0. The molecule has 2 aliphatic rings. The van der Waals surface area contributed by atoms with Crippen molar-refractivity contribution in [3.8, 4) is 17.1 Å². The molecule has 0 unspecified atom stereocenters. The number of hydrazine groups is 1. The zero-order chi connectivity index (χ0) is 62.7. The highest BCUT2D eigenvalue weighted by Crippen LogP contribution is 2.41. The molecule has 466 valence electrons. The van der Waals surface area contributed by atoms with E-state index < -0.39 is 75.1 Å². The third kappa shape index (κ3) is 15.7. The van der Waals surface area contributed by atoms with Crippen molar-refractivity contribution in [2.75, 3.05) is 58.1 Å². The number of esters is 1. The number of aryl methyl sites for hydroxylation is 2. The molecule has 0 aliphatic carbocycles. The van der Waals surface area contributed by atoms with Gasteiger partial charge in [-0.25, -0.2) is 19.8 Å². The van der Waals surface area contributed by atoms with E-state index >= 15 is 0 Å². The Balaban J connectivity index is 0.725. The Labute approximate surface area is 502 Å². The van der Waals surface area contributed by atoms with E-state index in [0.29, 0.717) is 47.0 Å². The van der Waals surface area contributed by atoms with Gasteiger partial charge in [0.1, 0.15) is 48.5 Å². The molecule has 0 bridgehead atoms. The third-order valence-corrected chi connectivity index (χ3v) is 16.0. The molecule has 4 aromatic heterocycles. The van der Waals surface area contributed by atoms with Gasteiger partial charge in [0, 0.05) is 72.5 Å². The summed E-state index contributed by atoms with van der Waals surface area (Å²) in [6.07, 6.45) is 2.12. The van der Waals surface area contributed by atoms with Crippen LogP contribution in [0, 0.1) is 5.92 Å². The molecule has 5 amide bonds. The van der Waals surface area contributed by atoms with Crippen molar-refractivity contribution in [3.63, 3.8) is 0 Å². The number of hydrogen-bond acceptors (Lipinski definition) is 18. The molecule has 87 heavy (non-hydrogen) atoms. The SMILES string of the molecule is CCc1c2c(nc3ccc(OCc4ccc(NC(=O)[C@H](C)NC(=O)[C@@H](NC(=O)CCOCCOCCNC(=O)[C@H](CS(=O)(=O)O)NC(=O)CCn5c(CN(C)NC)cc6cccnc65)C(C)C)cc4)cc13)-c1cc3c(c(=O)n1C2)COC(=O)[C@]3(O)CC. The normalized spacial score (nSPS) is 15.5. The molecule has 26 nitrogen and oxygen atoms in total. The lowest BCUT2D eigenvalue weighted by molar-refractivity contribution is -0.172. The van der Waals surface area contributed by atoms with Crippen LogP contribution in [0.15, 0.2) is 77.7 Å². The monoisotopic (exact) mass is 1220 g/mol. The van der Waals surface area contributed by atoms with Gasteiger partial charge in [0.2, 0.25) is 29.5 Å². The summed E-state index contributed by atoms with van der Waals surface area (Å²) in [6, 6.07) is 16.5. The topological polar surface area (TPSA) is 342 Å². The average molecular weight is 1220 g/mol. The quantitative estimate of drug-likeness (QED) is 0.0139. The van der Waals surface area contributed by atoms with Crippen LogP contribution in [-0.2, 0) is 98.0 Å². The minimum atomic E-state index is -4.66. The zero-order valence-electron chi connectivity index (χ0n) is 49.7. The van der Waals surface area contributed by atoms with E-state index in [0.717, 1.165) is 33.2 Å². The number of aliphatic hydroxyl groups is 1. The first-order valence-corrected chi connectivity index (χ1v) is 30.4. The predicted molar refractivity (Wildman–Crippen MR) is 320 cm³/mol. The highest BCUT2D eigenvalue weighted by molar-refractivity contribution is 7.85. The Bertz CT molecular complexity index is 3720. The zero-order valence-corrected chi connectivity index (χ0v) is 50.5. The van der Waals surface area contributed by atoms with Crippen molar-refractivity contribution in [2.45, 2.75) is 117 Å². The van der Waals surface area contributed by atoms with Gasteiger partial charge in [-0.15, -0.1) is 0 Å². The van der Waals surface area contributed by atoms with Crippen molar-refractivity contribution >= 4 is 73.2 Å². The average Bonchev–Trinajstić information content (AvgIpc) is 1.73. The minimum Gasteiger partial charge on any atom is -0.489 e.